The topological polar surface area (TPSA) is 97.1 Å². The molecular formula is C27H20N4O3S. The van der Waals surface area contributed by atoms with Crippen LogP contribution in [0.2, 0.25) is 0 Å². The first kappa shape index (κ1) is 22.2. The summed E-state index contributed by atoms with van der Waals surface area (Å²) in [5.74, 6) is 0.133. The molecular weight excluding hydrogens is 460 g/mol. The Labute approximate surface area is 205 Å². The van der Waals surface area contributed by atoms with Crippen molar-refractivity contribution in [3.63, 3.8) is 0 Å². The monoisotopic (exact) mass is 480 g/mol. The van der Waals surface area contributed by atoms with E-state index in [9.17, 15) is 9.59 Å². The van der Waals surface area contributed by atoms with Crippen LogP contribution in [-0.4, -0.2) is 21.8 Å². The molecule has 0 bridgehead atoms. The second-order valence-electron chi connectivity index (χ2n) is 7.62. The Balaban J connectivity index is 1.32. The van der Waals surface area contributed by atoms with Gasteiger partial charge < -0.3 is 15.1 Å². The highest BCUT2D eigenvalue weighted by Gasteiger charge is 2.21. The molecule has 2 amide bonds. The van der Waals surface area contributed by atoms with E-state index in [4.69, 9.17) is 4.42 Å². The maximum atomic E-state index is 13.2. The normalized spacial score (nSPS) is 10.6. The van der Waals surface area contributed by atoms with Crippen LogP contribution in [0.25, 0.3) is 22.0 Å². The van der Waals surface area contributed by atoms with Crippen molar-refractivity contribution in [2.24, 2.45) is 0 Å². The summed E-state index contributed by atoms with van der Waals surface area (Å²) in [7, 11) is 0. The number of pyridine rings is 1. The Morgan fingerprint density at radius 3 is 2.57 bits per heavy atom. The lowest BCUT2D eigenvalue weighted by molar-refractivity contribution is 0.0954. The third-order valence-corrected chi connectivity index (χ3v) is 6.24. The number of rotatable bonds is 7. The van der Waals surface area contributed by atoms with Crippen molar-refractivity contribution >= 4 is 28.8 Å². The molecule has 0 radical (unpaired) electrons. The van der Waals surface area contributed by atoms with Crippen LogP contribution in [0.15, 0.2) is 102 Å². The van der Waals surface area contributed by atoms with Crippen molar-refractivity contribution < 1.29 is 14.0 Å². The minimum absolute atomic E-state index is 0.232. The standard InChI is InChI=1S/C27H20N4O3S/c32-25(20-10-5-13-28-17-20)30-21-11-4-7-18(15-21)16-29-26(33)24-23(19-8-2-1-3-9-19)31-27(35-24)22-12-6-14-34-22/h1-15,17H,16H2,(H,29,33)(H,30,32). The van der Waals surface area contributed by atoms with E-state index < -0.39 is 0 Å². The summed E-state index contributed by atoms with van der Waals surface area (Å²) in [5, 5.41) is 6.47. The van der Waals surface area contributed by atoms with Crippen LogP contribution in [-0.2, 0) is 6.54 Å². The summed E-state index contributed by atoms with van der Waals surface area (Å²) < 4.78 is 5.49. The zero-order valence-corrected chi connectivity index (χ0v) is 19.3. The molecule has 5 rings (SSSR count). The van der Waals surface area contributed by atoms with Gasteiger partial charge in [0.2, 0.25) is 0 Å². The first-order chi connectivity index (χ1) is 17.2. The van der Waals surface area contributed by atoms with E-state index >= 15 is 0 Å². The number of aromatic nitrogens is 2. The zero-order valence-electron chi connectivity index (χ0n) is 18.5. The second kappa shape index (κ2) is 10.1. The molecule has 2 N–H and O–H groups in total. The van der Waals surface area contributed by atoms with Crippen LogP contribution >= 0.6 is 11.3 Å². The fourth-order valence-electron chi connectivity index (χ4n) is 3.49. The SMILES string of the molecule is O=C(Nc1cccc(CNC(=O)c2sc(-c3ccco3)nc2-c2ccccc2)c1)c1cccnc1. The van der Waals surface area contributed by atoms with Gasteiger partial charge in [-0.3, -0.25) is 14.6 Å². The van der Waals surface area contributed by atoms with E-state index in [1.807, 2.05) is 54.6 Å². The lowest BCUT2D eigenvalue weighted by atomic mass is 10.1. The van der Waals surface area contributed by atoms with Crippen LogP contribution in [0.4, 0.5) is 5.69 Å². The molecule has 0 fully saturated rings. The van der Waals surface area contributed by atoms with Crippen molar-refractivity contribution in [3.8, 4) is 22.0 Å². The van der Waals surface area contributed by atoms with Gasteiger partial charge >= 0.3 is 0 Å². The van der Waals surface area contributed by atoms with E-state index in [1.165, 1.54) is 17.5 Å². The summed E-state index contributed by atoms with van der Waals surface area (Å²) >= 11 is 1.28. The number of anilines is 1. The van der Waals surface area contributed by atoms with Crippen LogP contribution in [0.5, 0.6) is 0 Å². The minimum Gasteiger partial charge on any atom is -0.462 e. The van der Waals surface area contributed by atoms with Gasteiger partial charge in [-0.1, -0.05) is 42.5 Å². The molecule has 35 heavy (non-hydrogen) atoms. The van der Waals surface area contributed by atoms with Crippen LogP contribution < -0.4 is 10.6 Å². The number of hydrogen-bond donors (Lipinski definition) is 2. The summed E-state index contributed by atoms with van der Waals surface area (Å²) in [6.45, 7) is 0.289. The molecule has 0 saturated carbocycles. The summed E-state index contributed by atoms with van der Waals surface area (Å²) in [6.07, 6.45) is 4.71. The predicted octanol–water partition coefficient (Wildman–Crippen LogP) is 5.65. The fourth-order valence-corrected chi connectivity index (χ4v) is 4.47. The quantitative estimate of drug-likeness (QED) is 0.314. The Hall–Kier alpha value is -4.56. The molecule has 172 valence electrons. The van der Waals surface area contributed by atoms with Gasteiger partial charge in [0, 0.05) is 30.2 Å². The van der Waals surface area contributed by atoms with Crippen molar-refractivity contribution in [3.05, 3.63) is 114 Å². The second-order valence-corrected chi connectivity index (χ2v) is 8.62. The lowest BCUT2D eigenvalue weighted by Crippen LogP contribution is -2.22. The van der Waals surface area contributed by atoms with Crippen molar-refractivity contribution in [2.75, 3.05) is 5.32 Å². The third-order valence-electron chi connectivity index (χ3n) is 5.17. The maximum absolute atomic E-state index is 13.2. The Kier molecular flexibility index (Phi) is 6.45. The molecule has 0 saturated heterocycles. The molecule has 5 aromatic rings. The molecule has 0 atom stereocenters. The maximum Gasteiger partial charge on any atom is 0.263 e. The van der Waals surface area contributed by atoms with Gasteiger partial charge in [0.1, 0.15) is 4.88 Å². The lowest BCUT2D eigenvalue weighted by Gasteiger charge is -2.09. The number of thiazole rings is 1. The average molecular weight is 481 g/mol. The van der Waals surface area contributed by atoms with Gasteiger partial charge in [0.25, 0.3) is 11.8 Å². The average Bonchev–Trinajstić information content (AvgIpc) is 3.59. The zero-order chi connectivity index (χ0) is 24.0. The first-order valence-electron chi connectivity index (χ1n) is 10.9. The smallest absolute Gasteiger partial charge is 0.263 e. The van der Waals surface area contributed by atoms with Crippen LogP contribution in [0.3, 0.4) is 0 Å². The Bertz CT molecular complexity index is 1450. The van der Waals surface area contributed by atoms with Crippen molar-refractivity contribution in [1.82, 2.24) is 15.3 Å². The Morgan fingerprint density at radius 1 is 0.914 bits per heavy atom. The largest absolute Gasteiger partial charge is 0.462 e. The molecule has 0 aliphatic carbocycles. The molecule has 3 aromatic heterocycles. The summed E-state index contributed by atoms with van der Waals surface area (Å²) in [6, 6.07) is 23.9. The molecule has 0 aliphatic rings. The first-order valence-corrected chi connectivity index (χ1v) is 11.7. The highest BCUT2D eigenvalue weighted by molar-refractivity contribution is 7.17. The third kappa shape index (κ3) is 5.18. The minimum atomic E-state index is -0.248. The Morgan fingerprint density at radius 2 is 1.80 bits per heavy atom. The van der Waals surface area contributed by atoms with Gasteiger partial charge in [-0.15, -0.1) is 11.3 Å². The molecule has 2 aromatic carbocycles. The molecule has 3 heterocycles. The number of nitrogens with zero attached hydrogens (tertiary/aromatic N) is 2. The fraction of sp³-hybridized carbons (Fsp3) is 0.0370. The number of amides is 2. The molecule has 0 spiro atoms. The highest BCUT2D eigenvalue weighted by atomic mass is 32.1. The molecule has 8 heteroatoms. The van der Waals surface area contributed by atoms with E-state index in [0.717, 1.165) is 11.1 Å². The van der Waals surface area contributed by atoms with E-state index in [1.54, 1.807) is 36.7 Å². The van der Waals surface area contributed by atoms with Crippen LogP contribution in [0, 0.1) is 0 Å². The molecule has 0 aliphatic heterocycles. The predicted molar refractivity (Wildman–Crippen MR) is 135 cm³/mol. The number of furan rings is 1. The molecule has 0 unspecified atom stereocenters. The molecule has 7 nitrogen and oxygen atoms in total. The summed E-state index contributed by atoms with van der Waals surface area (Å²) in [4.78, 5) is 34.8. The van der Waals surface area contributed by atoms with E-state index in [-0.39, 0.29) is 18.4 Å². The van der Waals surface area contributed by atoms with Gasteiger partial charge in [-0.25, -0.2) is 4.98 Å². The van der Waals surface area contributed by atoms with Gasteiger partial charge in [-0.05, 0) is 42.0 Å². The number of carbonyl (C=O) groups is 2. The number of hydrogen-bond acceptors (Lipinski definition) is 6. The van der Waals surface area contributed by atoms with E-state index in [0.29, 0.717) is 32.6 Å². The van der Waals surface area contributed by atoms with Crippen LogP contribution in [0.1, 0.15) is 25.6 Å². The van der Waals surface area contributed by atoms with Gasteiger partial charge in [0.15, 0.2) is 10.8 Å². The number of carbonyl (C=O) groups excluding carboxylic acids is 2. The summed E-state index contributed by atoms with van der Waals surface area (Å²) in [5.41, 5.74) is 3.41. The van der Waals surface area contributed by atoms with Crippen molar-refractivity contribution in [1.29, 1.82) is 0 Å². The number of nitrogens with one attached hydrogen (secondary N) is 2. The van der Waals surface area contributed by atoms with Gasteiger partial charge in [0.05, 0.1) is 17.5 Å². The van der Waals surface area contributed by atoms with E-state index in [2.05, 4.69) is 20.6 Å². The number of benzene rings is 2. The van der Waals surface area contributed by atoms with Crippen molar-refractivity contribution in [2.45, 2.75) is 6.54 Å². The van der Waals surface area contributed by atoms with Gasteiger partial charge in [-0.2, -0.15) is 0 Å². The highest BCUT2D eigenvalue weighted by Crippen LogP contribution is 2.34.